The number of aliphatic carboxylic acids is 1. The van der Waals surface area contributed by atoms with E-state index in [1.807, 2.05) is 0 Å². The van der Waals surface area contributed by atoms with Crippen molar-refractivity contribution in [3.05, 3.63) is 28.2 Å². The van der Waals surface area contributed by atoms with Crippen molar-refractivity contribution < 1.29 is 18.7 Å². The van der Waals surface area contributed by atoms with Crippen LogP contribution in [0.5, 0.6) is 0 Å². The van der Waals surface area contributed by atoms with E-state index in [1.165, 1.54) is 6.07 Å². The molecule has 1 atom stereocenters. The van der Waals surface area contributed by atoms with Gasteiger partial charge in [0.15, 0.2) is 0 Å². The zero-order valence-corrected chi connectivity index (χ0v) is 9.59. The molecule has 4 N–H and O–H groups in total. The van der Waals surface area contributed by atoms with Gasteiger partial charge in [-0.15, -0.1) is 0 Å². The first kappa shape index (κ1) is 12.9. The molecule has 88 valence electrons. The molecule has 4 nitrogen and oxygen atoms in total. The molecule has 0 aliphatic carbocycles. The first-order chi connectivity index (χ1) is 7.41. The Labute approximate surface area is 98.6 Å². The summed E-state index contributed by atoms with van der Waals surface area (Å²) in [6, 6.07) is 0.723. The Morgan fingerprint density at radius 2 is 2.12 bits per heavy atom. The standard InChI is InChI=1S/C9H9BrF2N2O2/c10-4-1-8(6(12)2-5(4)11)14-3-7(13)9(15)16/h1-2,7,14H,3,13H2,(H,15,16). The lowest BCUT2D eigenvalue weighted by atomic mass is 10.2. The number of nitrogens with one attached hydrogen (secondary N) is 1. The third-order valence-electron chi connectivity index (χ3n) is 1.84. The van der Waals surface area contributed by atoms with E-state index in [2.05, 4.69) is 21.2 Å². The zero-order chi connectivity index (χ0) is 12.3. The molecule has 0 bridgehead atoms. The summed E-state index contributed by atoms with van der Waals surface area (Å²) >= 11 is 2.89. The van der Waals surface area contributed by atoms with Crippen LogP contribution in [0.2, 0.25) is 0 Å². The van der Waals surface area contributed by atoms with Crippen LogP contribution in [0.15, 0.2) is 16.6 Å². The van der Waals surface area contributed by atoms with Crippen molar-refractivity contribution >= 4 is 27.6 Å². The lowest BCUT2D eigenvalue weighted by Crippen LogP contribution is -2.37. The van der Waals surface area contributed by atoms with Crippen molar-refractivity contribution in [3.63, 3.8) is 0 Å². The Morgan fingerprint density at radius 3 is 2.69 bits per heavy atom. The molecule has 1 aromatic rings. The summed E-state index contributed by atoms with van der Waals surface area (Å²) in [7, 11) is 0. The summed E-state index contributed by atoms with van der Waals surface area (Å²) in [6.45, 7) is -0.148. The van der Waals surface area contributed by atoms with Gasteiger partial charge in [-0.3, -0.25) is 4.79 Å². The van der Waals surface area contributed by atoms with Crippen molar-refractivity contribution in [1.82, 2.24) is 0 Å². The summed E-state index contributed by atoms with van der Waals surface area (Å²) in [5.41, 5.74) is 5.20. The van der Waals surface area contributed by atoms with Gasteiger partial charge in [0.1, 0.15) is 17.7 Å². The largest absolute Gasteiger partial charge is 0.480 e. The Balaban J connectivity index is 2.74. The third kappa shape index (κ3) is 3.14. The zero-order valence-electron chi connectivity index (χ0n) is 8.01. The number of rotatable bonds is 4. The Kier molecular flexibility index (Phi) is 4.19. The maximum absolute atomic E-state index is 13.2. The molecule has 7 heteroatoms. The Bertz CT molecular complexity index is 415. The minimum absolute atomic E-state index is 0.00928. The SMILES string of the molecule is NC(CNc1cc(Br)c(F)cc1F)C(=O)O. The highest BCUT2D eigenvalue weighted by Gasteiger charge is 2.13. The molecule has 0 radical (unpaired) electrons. The first-order valence-electron chi connectivity index (χ1n) is 4.28. The van der Waals surface area contributed by atoms with Crippen molar-refractivity contribution in [2.75, 3.05) is 11.9 Å². The van der Waals surface area contributed by atoms with Crippen LogP contribution in [-0.4, -0.2) is 23.7 Å². The van der Waals surface area contributed by atoms with Crippen molar-refractivity contribution in [2.24, 2.45) is 5.73 Å². The number of carboxylic acid groups (broad SMARTS) is 1. The van der Waals surface area contributed by atoms with Crippen LogP contribution in [-0.2, 0) is 4.79 Å². The number of carboxylic acids is 1. The monoisotopic (exact) mass is 294 g/mol. The minimum Gasteiger partial charge on any atom is -0.480 e. The molecular weight excluding hydrogens is 286 g/mol. The van der Waals surface area contributed by atoms with Crippen LogP contribution in [0.1, 0.15) is 0 Å². The van der Waals surface area contributed by atoms with Gasteiger partial charge < -0.3 is 16.2 Å². The van der Waals surface area contributed by atoms with Gasteiger partial charge in [-0.25, -0.2) is 8.78 Å². The molecule has 0 saturated carbocycles. The van der Waals surface area contributed by atoms with Crippen molar-refractivity contribution in [2.45, 2.75) is 6.04 Å². The normalized spacial score (nSPS) is 12.2. The summed E-state index contributed by atoms with van der Waals surface area (Å²) in [6.07, 6.45) is 0. The minimum atomic E-state index is -1.20. The van der Waals surface area contributed by atoms with Gasteiger partial charge in [0.25, 0.3) is 0 Å². The number of halogens is 3. The van der Waals surface area contributed by atoms with E-state index in [0.29, 0.717) is 6.07 Å². The maximum atomic E-state index is 13.2. The van der Waals surface area contributed by atoms with Gasteiger partial charge in [0.05, 0.1) is 10.2 Å². The molecule has 0 aliphatic rings. The predicted octanol–water partition coefficient (Wildman–Crippen LogP) is 1.55. The van der Waals surface area contributed by atoms with Gasteiger partial charge in [-0.05, 0) is 22.0 Å². The van der Waals surface area contributed by atoms with Crippen LogP contribution in [0.4, 0.5) is 14.5 Å². The molecule has 1 unspecified atom stereocenters. The summed E-state index contributed by atoms with van der Waals surface area (Å²) in [5, 5.41) is 11.0. The molecule has 0 amide bonds. The van der Waals surface area contributed by atoms with E-state index < -0.39 is 23.6 Å². The van der Waals surface area contributed by atoms with Gasteiger partial charge in [-0.1, -0.05) is 0 Å². The second-order valence-electron chi connectivity index (χ2n) is 3.07. The molecule has 0 spiro atoms. The Morgan fingerprint density at radius 1 is 1.50 bits per heavy atom. The van der Waals surface area contributed by atoms with Crippen molar-refractivity contribution in [3.8, 4) is 0 Å². The number of hydrogen-bond acceptors (Lipinski definition) is 3. The molecule has 16 heavy (non-hydrogen) atoms. The molecular formula is C9H9BrF2N2O2. The van der Waals surface area contributed by atoms with E-state index in [0.717, 1.165) is 0 Å². The lowest BCUT2D eigenvalue weighted by Gasteiger charge is -2.11. The van der Waals surface area contributed by atoms with Crippen LogP contribution in [0.3, 0.4) is 0 Å². The Hall–Kier alpha value is -1.21. The summed E-state index contributed by atoms with van der Waals surface area (Å²) < 4.78 is 26.1. The van der Waals surface area contributed by atoms with E-state index in [1.54, 1.807) is 0 Å². The molecule has 1 rings (SSSR count). The first-order valence-corrected chi connectivity index (χ1v) is 5.08. The smallest absolute Gasteiger partial charge is 0.322 e. The summed E-state index contributed by atoms with van der Waals surface area (Å²) in [4.78, 5) is 10.4. The fourth-order valence-electron chi connectivity index (χ4n) is 0.965. The number of carbonyl (C=O) groups is 1. The lowest BCUT2D eigenvalue weighted by molar-refractivity contribution is -0.138. The van der Waals surface area contributed by atoms with Crippen LogP contribution < -0.4 is 11.1 Å². The molecule has 0 saturated heterocycles. The van der Waals surface area contributed by atoms with Gasteiger partial charge >= 0.3 is 5.97 Å². The van der Waals surface area contributed by atoms with E-state index in [9.17, 15) is 13.6 Å². The number of nitrogens with two attached hydrogens (primary N) is 1. The van der Waals surface area contributed by atoms with E-state index in [-0.39, 0.29) is 16.7 Å². The van der Waals surface area contributed by atoms with Gasteiger partial charge in [0.2, 0.25) is 0 Å². The molecule has 1 aromatic carbocycles. The van der Waals surface area contributed by atoms with Gasteiger partial charge in [0, 0.05) is 12.6 Å². The second-order valence-corrected chi connectivity index (χ2v) is 3.93. The second kappa shape index (κ2) is 5.22. The van der Waals surface area contributed by atoms with E-state index >= 15 is 0 Å². The number of benzene rings is 1. The summed E-state index contributed by atoms with van der Waals surface area (Å²) in [5.74, 6) is -2.74. The number of hydrogen-bond donors (Lipinski definition) is 3. The molecule has 0 aliphatic heterocycles. The van der Waals surface area contributed by atoms with Crippen LogP contribution >= 0.6 is 15.9 Å². The van der Waals surface area contributed by atoms with Gasteiger partial charge in [-0.2, -0.15) is 0 Å². The molecule has 0 aromatic heterocycles. The van der Waals surface area contributed by atoms with Crippen molar-refractivity contribution in [1.29, 1.82) is 0 Å². The fraction of sp³-hybridized carbons (Fsp3) is 0.222. The predicted molar refractivity (Wildman–Crippen MR) is 58.2 cm³/mol. The number of anilines is 1. The van der Waals surface area contributed by atoms with Crippen LogP contribution in [0, 0.1) is 11.6 Å². The topological polar surface area (TPSA) is 75.3 Å². The highest BCUT2D eigenvalue weighted by molar-refractivity contribution is 9.10. The molecule has 0 heterocycles. The highest BCUT2D eigenvalue weighted by Crippen LogP contribution is 2.23. The molecule has 0 fully saturated rings. The third-order valence-corrected chi connectivity index (χ3v) is 2.45. The maximum Gasteiger partial charge on any atom is 0.322 e. The fourth-order valence-corrected chi connectivity index (χ4v) is 1.31. The average Bonchev–Trinajstić information content (AvgIpc) is 2.20. The quantitative estimate of drug-likeness (QED) is 0.737. The highest BCUT2D eigenvalue weighted by atomic mass is 79.9. The van der Waals surface area contributed by atoms with Crippen LogP contribution in [0.25, 0.3) is 0 Å². The average molecular weight is 295 g/mol. The van der Waals surface area contributed by atoms with E-state index in [4.69, 9.17) is 10.8 Å².